The van der Waals surface area contributed by atoms with E-state index in [0.29, 0.717) is 5.69 Å². The number of nitrogens with zero attached hydrogens (tertiary/aromatic N) is 1. The zero-order chi connectivity index (χ0) is 12.8. The van der Waals surface area contributed by atoms with Crippen molar-refractivity contribution in [2.45, 2.75) is 19.8 Å². The number of rotatable bonds is 5. The van der Waals surface area contributed by atoms with Gasteiger partial charge in [-0.15, -0.1) is 0 Å². The Morgan fingerprint density at radius 2 is 1.61 bits per heavy atom. The zero-order valence-corrected chi connectivity index (χ0v) is 10.6. The van der Waals surface area contributed by atoms with Crippen LogP contribution in [0.1, 0.15) is 19.8 Å². The first kappa shape index (κ1) is 12.6. The largest absolute Gasteiger partial charge is 0.339 e. The molecule has 0 saturated carbocycles. The fourth-order valence-corrected chi connectivity index (χ4v) is 1.98. The summed E-state index contributed by atoms with van der Waals surface area (Å²) >= 11 is 0. The van der Waals surface area contributed by atoms with Crippen molar-refractivity contribution in [1.82, 2.24) is 0 Å². The fourth-order valence-electron chi connectivity index (χ4n) is 1.98. The van der Waals surface area contributed by atoms with Gasteiger partial charge in [0.1, 0.15) is 5.82 Å². The Hall–Kier alpha value is -1.83. The summed E-state index contributed by atoms with van der Waals surface area (Å²) in [4.78, 5) is 2.04. The first-order valence-corrected chi connectivity index (χ1v) is 6.40. The van der Waals surface area contributed by atoms with E-state index in [1.165, 1.54) is 6.07 Å². The average molecular weight is 243 g/mol. The van der Waals surface area contributed by atoms with Crippen LogP contribution in [0.15, 0.2) is 54.6 Å². The van der Waals surface area contributed by atoms with Gasteiger partial charge in [0.2, 0.25) is 0 Å². The molecule has 2 aromatic carbocycles. The molecule has 1 nitrogen and oxygen atoms in total. The van der Waals surface area contributed by atoms with Gasteiger partial charge in [0.15, 0.2) is 0 Å². The summed E-state index contributed by atoms with van der Waals surface area (Å²) < 4.78 is 13.9. The number of para-hydroxylation sites is 2. The molecule has 0 aromatic heterocycles. The van der Waals surface area contributed by atoms with E-state index in [2.05, 4.69) is 6.92 Å². The highest BCUT2D eigenvalue weighted by molar-refractivity contribution is 5.63. The lowest BCUT2D eigenvalue weighted by Gasteiger charge is -2.25. The number of unbranched alkanes of at least 4 members (excludes halogenated alkanes) is 1. The second-order valence-electron chi connectivity index (χ2n) is 4.29. The molecular formula is C16H18FN. The maximum Gasteiger partial charge on any atom is 0.146 e. The third-order valence-corrected chi connectivity index (χ3v) is 2.95. The molecule has 0 unspecified atom stereocenters. The van der Waals surface area contributed by atoms with Crippen LogP contribution in [0.4, 0.5) is 15.8 Å². The van der Waals surface area contributed by atoms with Crippen LogP contribution >= 0.6 is 0 Å². The molecule has 0 fully saturated rings. The van der Waals surface area contributed by atoms with E-state index in [1.54, 1.807) is 6.07 Å². The molecule has 0 atom stereocenters. The van der Waals surface area contributed by atoms with Crippen molar-refractivity contribution >= 4 is 11.4 Å². The van der Waals surface area contributed by atoms with Gasteiger partial charge in [0.25, 0.3) is 0 Å². The van der Waals surface area contributed by atoms with Crippen molar-refractivity contribution < 1.29 is 4.39 Å². The fraction of sp³-hybridized carbons (Fsp3) is 0.250. The maximum atomic E-state index is 13.9. The minimum atomic E-state index is -0.169. The minimum absolute atomic E-state index is 0.169. The molecule has 2 heteroatoms. The van der Waals surface area contributed by atoms with Gasteiger partial charge in [-0.25, -0.2) is 4.39 Å². The number of hydrogen-bond donors (Lipinski definition) is 0. The van der Waals surface area contributed by atoms with Gasteiger partial charge in [-0.2, -0.15) is 0 Å². The number of anilines is 2. The summed E-state index contributed by atoms with van der Waals surface area (Å²) in [6, 6.07) is 16.9. The highest BCUT2D eigenvalue weighted by Crippen LogP contribution is 2.27. The summed E-state index contributed by atoms with van der Waals surface area (Å²) in [7, 11) is 0. The molecule has 0 radical (unpaired) electrons. The van der Waals surface area contributed by atoms with Gasteiger partial charge < -0.3 is 4.90 Å². The van der Waals surface area contributed by atoms with Crippen molar-refractivity contribution in [1.29, 1.82) is 0 Å². The Balaban J connectivity index is 2.34. The molecule has 2 rings (SSSR count). The Morgan fingerprint density at radius 3 is 2.28 bits per heavy atom. The van der Waals surface area contributed by atoms with E-state index in [1.807, 2.05) is 47.4 Å². The van der Waals surface area contributed by atoms with Crippen molar-refractivity contribution in [3.63, 3.8) is 0 Å². The lowest BCUT2D eigenvalue weighted by atomic mass is 10.2. The van der Waals surface area contributed by atoms with Crippen LogP contribution in [-0.2, 0) is 0 Å². The van der Waals surface area contributed by atoms with Crippen molar-refractivity contribution in [3.05, 3.63) is 60.4 Å². The van der Waals surface area contributed by atoms with Crippen molar-refractivity contribution in [2.75, 3.05) is 11.4 Å². The Labute approximate surface area is 108 Å². The summed E-state index contributed by atoms with van der Waals surface area (Å²) in [5.41, 5.74) is 1.69. The SMILES string of the molecule is CCCCN(c1ccccc1)c1ccccc1F. The number of hydrogen-bond acceptors (Lipinski definition) is 1. The third kappa shape index (κ3) is 2.89. The first-order valence-electron chi connectivity index (χ1n) is 6.40. The van der Waals surface area contributed by atoms with E-state index in [0.717, 1.165) is 25.1 Å². The molecule has 0 amide bonds. The van der Waals surface area contributed by atoms with Gasteiger partial charge >= 0.3 is 0 Å². The molecule has 0 heterocycles. The molecule has 18 heavy (non-hydrogen) atoms. The Morgan fingerprint density at radius 1 is 0.944 bits per heavy atom. The minimum Gasteiger partial charge on any atom is -0.339 e. The molecule has 0 saturated heterocycles. The van der Waals surface area contributed by atoms with Gasteiger partial charge in [-0.1, -0.05) is 43.7 Å². The molecule has 0 aliphatic rings. The highest BCUT2D eigenvalue weighted by Gasteiger charge is 2.12. The van der Waals surface area contributed by atoms with Crippen LogP contribution in [0, 0.1) is 5.82 Å². The summed E-state index contributed by atoms with van der Waals surface area (Å²) in [6.45, 7) is 2.98. The van der Waals surface area contributed by atoms with Gasteiger partial charge in [-0.05, 0) is 30.7 Å². The van der Waals surface area contributed by atoms with Crippen molar-refractivity contribution in [3.8, 4) is 0 Å². The predicted octanol–water partition coefficient (Wildman–Crippen LogP) is 4.76. The summed E-state index contributed by atoms with van der Waals surface area (Å²) in [5, 5.41) is 0. The quantitative estimate of drug-likeness (QED) is 0.731. The molecule has 0 aliphatic heterocycles. The topological polar surface area (TPSA) is 3.24 Å². The first-order chi connectivity index (χ1) is 8.83. The number of benzene rings is 2. The van der Waals surface area contributed by atoms with E-state index >= 15 is 0 Å². The van der Waals surface area contributed by atoms with Crippen LogP contribution in [0.25, 0.3) is 0 Å². The maximum absolute atomic E-state index is 13.9. The molecule has 0 aliphatic carbocycles. The van der Waals surface area contributed by atoms with Gasteiger partial charge in [0, 0.05) is 12.2 Å². The van der Waals surface area contributed by atoms with Gasteiger partial charge in [-0.3, -0.25) is 0 Å². The average Bonchev–Trinajstić information content (AvgIpc) is 2.42. The van der Waals surface area contributed by atoms with Crippen molar-refractivity contribution in [2.24, 2.45) is 0 Å². The smallest absolute Gasteiger partial charge is 0.146 e. The Bertz CT molecular complexity index is 481. The highest BCUT2D eigenvalue weighted by atomic mass is 19.1. The zero-order valence-electron chi connectivity index (χ0n) is 10.6. The van der Waals surface area contributed by atoms with E-state index in [9.17, 15) is 4.39 Å². The standard InChI is InChI=1S/C16H18FN/c1-2-3-13-18(14-9-5-4-6-10-14)16-12-8-7-11-15(16)17/h4-12H,2-3,13H2,1H3. The van der Waals surface area contributed by atoms with Crippen LogP contribution in [-0.4, -0.2) is 6.54 Å². The summed E-state index contributed by atoms with van der Waals surface area (Å²) in [5.74, 6) is -0.169. The lowest BCUT2D eigenvalue weighted by Crippen LogP contribution is -2.19. The Kier molecular flexibility index (Phi) is 4.35. The molecule has 0 spiro atoms. The monoisotopic (exact) mass is 243 g/mol. The third-order valence-electron chi connectivity index (χ3n) is 2.95. The predicted molar refractivity (Wildman–Crippen MR) is 74.8 cm³/mol. The lowest BCUT2D eigenvalue weighted by molar-refractivity contribution is 0.622. The van der Waals surface area contributed by atoms with Crippen LogP contribution < -0.4 is 4.90 Å². The van der Waals surface area contributed by atoms with E-state index in [-0.39, 0.29) is 5.82 Å². The molecular weight excluding hydrogens is 225 g/mol. The molecule has 2 aromatic rings. The molecule has 0 bridgehead atoms. The van der Waals surface area contributed by atoms with Gasteiger partial charge in [0.05, 0.1) is 5.69 Å². The second kappa shape index (κ2) is 6.20. The number of halogens is 1. The van der Waals surface area contributed by atoms with E-state index < -0.39 is 0 Å². The molecule has 0 N–H and O–H groups in total. The second-order valence-corrected chi connectivity index (χ2v) is 4.29. The molecule has 94 valence electrons. The van der Waals surface area contributed by atoms with Crippen LogP contribution in [0.5, 0.6) is 0 Å². The summed E-state index contributed by atoms with van der Waals surface area (Å²) in [6.07, 6.45) is 2.14. The van der Waals surface area contributed by atoms with E-state index in [4.69, 9.17) is 0 Å². The van der Waals surface area contributed by atoms with Crippen LogP contribution in [0.3, 0.4) is 0 Å². The van der Waals surface area contributed by atoms with Crippen LogP contribution in [0.2, 0.25) is 0 Å². The normalized spacial score (nSPS) is 10.3.